The molecule has 0 bridgehead atoms. The molecule has 0 spiro atoms. The van der Waals surface area contributed by atoms with Crippen molar-refractivity contribution in [3.05, 3.63) is 46.5 Å². The summed E-state index contributed by atoms with van der Waals surface area (Å²) in [6, 6.07) is 7.99. The monoisotopic (exact) mass is 291 g/mol. The molecule has 0 aromatic carbocycles. The number of piperidine rings is 1. The molecule has 3 heterocycles. The lowest BCUT2D eigenvalue weighted by Gasteiger charge is -2.35. The molecule has 2 unspecified atom stereocenters. The fourth-order valence-electron chi connectivity index (χ4n) is 2.84. The van der Waals surface area contributed by atoms with E-state index in [2.05, 4.69) is 11.0 Å². The smallest absolute Gasteiger partial charge is 0.307 e. The zero-order valence-corrected chi connectivity index (χ0v) is 11.9. The van der Waals surface area contributed by atoms with Crippen LogP contribution in [0.3, 0.4) is 0 Å². The summed E-state index contributed by atoms with van der Waals surface area (Å²) < 4.78 is 5.59. The average Bonchev–Trinajstić information content (AvgIpc) is 3.13. The summed E-state index contributed by atoms with van der Waals surface area (Å²) in [6.45, 7) is 1.49. The predicted octanol–water partition coefficient (Wildman–Crippen LogP) is 3.23. The summed E-state index contributed by atoms with van der Waals surface area (Å²) in [4.78, 5) is 14.7. The molecule has 1 aliphatic heterocycles. The molecule has 0 saturated carbocycles. The Morgan fingerprint density at radius 2 is 2.35 bits per heavy atom. The summed E-state index contributed by atoms with van der Waals surface area (Å²) in [6.07, 6.45) is 3.36. The van der Waals surface area contributed by atoms with E-state index >= 15 is 0 Å². The van der Waals surface area contributed by atoms with Crippen LogP contribution in [0.5, 0.6) is 0 Å². The third-order valence-corrected chi connectivity index (χ3v) is 4.72. The number of carboxylic acids is 1. The number of rotatable bonds is 4. The van der Waals surface area contributed by atoms with E-state index in [-0.39, 0.29) is 12.0 Å². The van der Waals surface area contributed by atoms with Gasteiger partial charge in [-0.15, -0.1) is 11.3 Å². The van der Waals surface area contributed by atoms with Gasteiger partial charge in [0.1, 0.15) is 11.8 Å². The number of nitrogens with zero attached hydrogens (tertiary/aromatic N) is 1. The van der Waals surface area contributed by atoms with Gasteiger partial charge >= 0.3 is 5.97 Å². The molecular formula is C15H17NO3S. The Morgan fingerprint density at radius 3 is 3.00 bits per heavy atom. The average molecular weight is 291 g/mol. The number of thiophene rings is 1. The van der Waals surface area contributed by atoms with Gasteiger partial charge in [0.05, 0.1) is 12.2 Å². The van der Waals surface area contributed by atoms with Crippen molar-refractivity contribution in [1.29, 1.82) is 0 Å². The van der Waals surface area contributed by atoms with Crippen LogP contribution in [0.2, 0.25) is 0 Å². The molecule has 4 nitrogen and oxygen atoms in total. The van der Waals surface area contributed by atoms with E-state index in [9.17, 15) is 9.90 Å². The number of hydrogen-bond acceptors (Lipinski definition) is 4. The molecule has 1 fully saturated rings. The molecule has 2 aromatic rings. The van der Waals surface area contributed by atoms with Crippen LogP contribution in [-0.2, 0) is 4.79 Å². The highest BCUT2D eigenvalue weighted by Crippen LogP contribution is 2.35. The Hall–Kier alpha value is -1.59. The van der Waals surface area contributed by atoms with Crippen LogP contribution in [-0.4, -0.2) is 29.1 Å². The van der Waals surface area contributed by atoms with E-state index in [1.54, 1.807) is 17.6 Å². The van der Waals surface area contributed by atoms with Crippen molar-refractivity contribution >= 4 is 17.3 Å². The van der Waals surface area contributed by atoms with Crippen molar-refractivity contribution in [2.24, 2.45) is 5.92 Å². The highest BCUT2D eigenvalue weighted by atomic mass is 32.1. The van der Waals surface area contributed by atoms with Crippen molar-refractivity contribution in [1.82, 2.24) is 4.90 Å². The van der Waals surface area contributed by atoms with Crippen LogP contribution in [0.15, 0.2) is 40.3 Å². The Bertz CT molecular complexity index is 515. The topological polar surface area (TPSA) is 53.7 Å². The molecule has 2 aromatic heterocycles. The van der Waals surface area contributed by atoms with Crippen LogP contribution >= 0.6 is 11.3 Å². The molecule has 3 rings (SSSR count). The van der Waals surface area contributed by atoms with Gasteiger partial charge in [-0.05, 0) is 43.0 Å². The SMILES string of the molecule is O=C(O)C1CCCN(C(c2ccco2)c2cccs2)C1. The van der Waals surface area contributed by atoms with Gasteiger partial charge < -0.3 is 9.52 Å². The van der Waals surface area contributed by atoms with Gasteiger partial charge in [0, 0.05) is 11.4 Å². The van der Waals surface area contributed by atoms with Crippen molar-refractivity contribution in [3.8, 4) is 0 Å². The molecule has 2 atom stereocenters. The minimum atomic E-state index is -0.695. The van der Waals surface area contributed by atoms with Gasteiger partial charge in [0.25, 0.3) is 0 Å². The first-order chi connectivity index (χ1) is 9.75. The molecule has 0 aliphatic carbocycles. The van der Waals surface area contributed by atoms with Gasteiger partial charge in [-0.2, -0.15) is 0 Å². The van der Waals surface area contributed by atoms with E-state index < -0.39 is 5.97 Å². The zero-order valence-electron chi connectivity index (χ0n) is 11.1. The molecule has 1 saturated heterocycles. The van der Waals surface area contributed by atoms with Crippen molar-refractivity contribution < 1.29 is 14.3 Å². The first kappa shape index (κ1) is 13.4. The third-order valence-electron chi connectivity index (χ3n) is 3.79. The van der Waals surface area contributed by atoms with Crippen LogP contribution < -0.4 is 0 Å². The first-order valence-electron chi connectivity index (χ1n) is 6.79. The second kappa shape index (κ2) is 5.81. The van der Waals surface area contributed by atoms with Gasteiger partial charge in [-0.25, -0.2) is 0 Å². The second-order valence-electron chi connectivity index (χ2n) is 5.11. The Labute approximate surface area is 121 Å². The quantitative estimate of drug-likeness (QED) is 0.939. The van der Waals surface area contributed by atoms with Crippen LogP contribution in [0, 0.1) is 5.92 Å². The summed E-state index contributed by atoms with van der Waals surface area (Å²) >= 11 is 1.68. The van der Waals surface area contributed by atoms with E-state index in [1.807, 2.05) is 23.6 Å². The summed E-state index contributed by atoms with van der Waals surface area (Å²) in [7, 11) is 0. The molecule has 0 amide bonds. The zero-order chi connectivity index (χ0) is 13.9. The predicted molar refractivity (Wildman–Crippen MR) is 76.8 cm³/mol. The molecule has 0 radical (unpaired) electrons. The lowest BCUT2D eigenvalue weighted by molar-refractivity contribution is -0.143. The van der Waals surface area contributed by atoms with Gasteiger partial charge in [-0.1, -0.05) is 6.07 Å². The Kier molecular flexibility index (Phi) is 3.89. The third kappa shape index (κ3) is 2.64. The van der Waals surface area contributed by atoms with Crippen molar-refractivity contribution in [3.63, 3.8) is 0 Å². The fourth-order valence-corrected chi connectivity index (χ4v) is 3.70. The minimum Gasteiger partial charge on any atom is -0.481 e. The van der Waals surface area contributed by atoms with Gasteiger partial charge in [0.15, 0.2) is 0 Å². The number of carboxylic acid groups (broad SMARTS) is 1. The van der Waals surface area contributed by atoms with Gasteiger partial charge in [0.2, 0.25) is 0 Å². The van der Waals surface area contributed by atoms with Crippen LogP contribution in [0.25, 0.3) is 0 Å². The van der Waals surface area contributed by atoms with E-state index in [0.29, 0.717) is 6.54 Å². The van der Waals surface area contributed by atoms with E-state index in [0.717, 1.165) is 25.1 Å². The van der Waals surface area contributed by atoms with Gasteiger partial charge in [-0.3, -0.25) is 9.69 Å². The summed E-state index contributed by atoms with van der Waals surface area (Å²) in [5, 5.41) is 11.3. The normalized spacial score (nSPS) is 21.7. The Balaban J connectivity index is 1.88. The summed E-state index contributed by atoms with van der Waals surface area (Å²) in [5.74, 6) is -0.0845. The number of aliphatic carboxylic acids is 1. The maximum atomic E-state index is 11.2. The fraction of sp³-hybridized carbons (Fsp3) is 0.400. The largest absolute Gasteiger partial charge is 0.481 e. The summed E-state index contributed by atoms with van der Waals surface area (Å²) in [5.41, 5.74) is 0. The lowest BCUT2D eigenvalue weighted by Crippen LogP contribution is -2.40. The highest BCUT2D eigenvalue weighted by molar-refractivity contribution is 7.10. The number of carbonyl (C=O) groups is 1. The lowest BCUT2D eigenvalue weighted by atomic mass is 9.96. The molecule has 5 heteroatoms. The molecule has 20 heavy (non-hydrogen) atoms. The maximum absolute atomic E-state index is 11.2. The minimum absolute atomic E-state index is 0.0344. The molecule has 106 valence electrons. The number of hydrogen-bond donors (Lipinski definition) is 1. The molecule has 1 aliphatic rings. The van der Waals surface area contributed by atoms with E-state index in [4.69, 9.17) is 4.42 Å². The number of likely N-dealkylation sites (tertiary alicyclic amines) is 1. The second-order valence-corrected chi connectivity index (χ2v) is 6.08. The maximum Gasteiger partial charge on any atom is 0.307 e. The number of furan rings is 1. The first-order valence-corrected chi connectivity index (χ1v) is 7.67. The van der Waals surface area contributed by atoms with Crippen molar-refractivity contribution in [2.45, 2.75) is 18.9 Å². The van der Waals surface area contributed by atoms with E-state index in [1.165, 1.54) is 4.88 Å². The Morgan fingerprint density at radius 1 is 1.45 bits per heavy atom. The molecule has 1 N–H and O–H groups in total. The molecular weight excluding hydrogens is 274 g/mol. The van der Waals surface area contributed by atoms with Crippen LogP contribution in [0.4, 0.5) is 0 Å². The van der Waals surface area contributed by atoms with Crippen LogP contribution in [0.1, 0.15) is 29.5 Å². The van der Waals surface area contributed by atoms with Crippen molar-refractivity contribution in [2.75, 3.05) is 13.1 Å². The standard InChI is InChI=1S/C15H17NO3S/c17-15(18)11-4-1-7-16(10-11)14(12-5-2-8-19-12)13-6-3-9-20-13/h2-3,5-6,8-9,11,14H,1,4,7,10H2,(H,17,18). The highest BCUT2D eigenvalue weighted by Gasteiger charge is 2.32.